The van der Waals surface area contributed by atoms with E-state index >= 15 is 0 Å². The zero-order valence-electron chi connectivity index (χ0n) is 17.6. The molecular formula is C26H24N4OS. The van der Waals surface area contributed by atoms with Crippen molar-refractivity contribution in [2.24, 2.45) is 0 Å². The van der Waals surface area contributed by atoms with E-state index in [-0.39, 0.29) is 11.9 Å². The monoisotopic (exact) mass is 440 g/mol. The molecule has 0 bridgehead atoms. The Morgan fingerprint density at radius 3 is 2.38 bits per heavy atom. The van der Waals surface area contributed by atoms with Gasteiger partial charge in [0.15, 0.2) is 0 Å². The second kappa shape index (κ2) is 9.32. The zero-order chi connectivity index (χ0) is 21.8. The van der Waals surface area contributed by atoms with Crippen molar-refractivity contribution in [2.75, 3.05) is 10.6 Å². The Morgan fingerprint density at radius 2 is 1.62 bits per heavy atom. The minimum atomic E-state index is -0.213. The van der Waals surface area contributed by atoms with Gasteiger partial charge in [0, 0.05) is 28.4 Å². The number of nitrogens with one attached hydrogen (secondary N) is 2. The summed E-state index contributed by atoms with van der Waals surface area (Å²) in [6.07, 6.45) is 7.98. The van der Waals surface area contributed by atoms with Crippen LogP contribution in [0.5, 0.6) is 0 Å². The molecule has 0 unspecified atom stereocenters. The SMILES string of the molecule is O=C(Nc1sc2c(c1[C@H](Nc1ccccn1)c1ccccn1)CCCC2)c1ccccc1. The van der Waals surface area contributed by atoms with Gasteiger partial charge in [-0.25, -0.2) is 4.98 Å². The first-order chi connectivity index (χ1) is 15.8. The summed E-state index contributed by atoms with van der Waals surface area (Å²) < 4.78 is 0. The van der Waals surface area contributed by atoms with Crippen molar-refractivity contribution in [1.29, 1.82) is 0 Å². The molecule has 0 radical (unpaired) electrons. The molecule has 1 atom stereocenters. The van der Waals surface area contributed by atoms with Crippen LogP contribution in [0.15, 0.2) is 79.1 Å². The predicted octanol–water partition coefficient (Wildman–Crippen LogP) is 5.87. The molecule has 3 aromatic heterocycles. The lowest BCUT2D eigenvalue weighted by Gasteiger charge is -2.23. The number of thiophene rings is 1. The van der Waals surface area contributed by atoms with Gasteiger partial charge >= 0.3 is 0 Å². The Hall–Kier alpha value is -3.51. The number of hydrogen-bond acceptors (Lipinski definition) is 5. The van der Waals surface area contributed by atoms with E-state index in [9.17, 15) is 4.79 Å². The largest absolute Gasteiger partial charge is 0.357 e. The zero-order valence-corrected chi connectivity index (χ0v) is 18.4. The van der Waals surface area contributed by atoms with Gasteiger partial charge in [-0.3, -0.25) is 9.78 Å². The van der Waals surface area contributed by atoms with E-state index < -0.39 is 0 Å². The molecule has 1 amide bonds. The lowest BCUT2D eigenvalue weighted by molar-refractivity contribution is 0.102. The van der Waals surface area contributed by atoms with Gasteiger partial charge in [-0.05, 0) is 67.6 Å². The first-order valence-corrected chi connectivity index (χ1v) is 11.7. The number of fused-ring (bicyclic) bond motifs is 1. The van der Waals surface area contributed by atoms with Crippen molar-refractivity contribution in [2.45, 2.75) is 31.7 Å². The Balaban J connectivity index is 1.59. The minimum absolute atomic E-state index is 0.0944. The highest BCUT2D eigenvalue weighted by molar-refractivity contribution is 7.16. The van der Waals surface area contributed by atoms with E-state index in [1.165, 1.54) is 16.9 Å². The molecule has 3 heterocycles. The summed E-state index contributed by atoms with van der Waals surface area (Å²) in [5.41, 5.74) is 4.00. The molecule has 32 heavy (non-hydrogen) atoms. The normalized spacial score (nSPS) is 13.8. The number of anilines is 2. The number of aromatic nitrogens is 2. The quantitative estimate of drug-likeness (QED) is 0.393. The lowest BCUT2D eigenvalue weighted by Crippen LogP contribution is -2.19. The van der Waals surface area contributed by atoms with Crippen molar-refractivity contribution in [3.63, 3.8) is 0 Å². The first-order valence-electron chi connectivity index (χ1n) is 10.9. The van der Waals surface area contributed by atoms with E-state index in [1.807, 2.05) is 72.9 Å². The molecule has 6 heteroatoms. The Kier molecular flexibility index (Phi) is 5.94. The van der Waals surface area contributed by atoms with E-state index in [0.29, 0.717) is 5.56 Å². The average Bonchev–Trinajstić information content (AvgIpc) is 3.22. The summed E-state index contributed by atoms with van der Waals surface area (Å²) >= 11 is 1.70. The second-order valence-corrected chi connectivity index (χ2v) is 8.93. The van der Waals surface area contributed by atoms with E-state index in [2.05, 4.69) is 20.6 Å². The average molecular weight is 441 g/mol. The highest BCUT2D eigenvalue weighted by Crippen LogP contribution is 2.44. The van der Waals surface area contributed by atoms with Gasteiger partial charge in [0.1, 0.15) is 10.8 Å². The fourth-order valence-corrected chi connectivity index (χ4v) is 5.51. The summed E-state index contributed by atoms with van der Waals surface area (Å²) in [5.74, 6) is 0.683. The Bertz CT molecular complexity index is 1190. The summed E-state index contributed by atoms with van der Waals surface area (Å²) in [6, 6.07) is 20.9. The standard InChI is InChI=1S/C26H24N4OS/c31-25(18-10-2-1-3-11-18)30-26-23(19-12-4-5-14-21(19)32-26)24(20-13-6-8-16-27-20)29-22-15-7-9-17-28-22/h1-3,6-11,13,15-17,24H,4-5,12,14H2,(H,28,29)(H,30,31)/t24-/m1/s1. The van der Waals surface area contributed by atoms with E-state index in [4.69, 9.17) is 0 Å². The van der Waals surface area contributed by atoms with Crippen molar-refractivity contribution < 1.29 is 4.79 Å². The van der Waals surface area contributed by atoms with Gasteiger partial charge < -0.3 is 10.6 Å². The molecule has 4 aromatic rings. The number of benzene rings is 1. The van der Waals surface area contributed by atoms with E-state index in [0.717, 1.165) is 41.3 Å². The number of amides is 1. The molecule has 160 valence electrons. The Labute approximate surface area is 191 Å². The molecule has 1 aromatic carbocycles. The summed E-state index contributed by atoms with van der Waals surface area (Å²) in [4.78, 5) is 23.5. The lowest BCUT2D eigenvalue weighted by atomic mass is 9.91. The molecule has 0 spiro atoms. The highest BCUT2D eigenvalue weighted by Gasteiger charge is 2.29. The van der Waals surface area contributed by atoms with Gasteiger partial charge in [0.25, 0.3) is 5.91 Å². The van der Waals surface area contributed by atoms with Crippen molar-refractivity contribution in [3.8, 4) is 0 Å². The van der Waals surface area contributed by atoms with Crippen LogP contribution in [0, 0.1) is 0 Å². The second-order valence-electron chi connectivity index (χ2n) is 7.82. The number of rotatable bonds is 6. The summed E-state index contributed by atoms with van der Waals surface area (Å²) in [6.45, 7) is 0. The van der Waals surface area contributed by atoms with Gasteiger partial charge in [-0.15, -0.1) is 11.3 Å². The summed E-state index contributed by atoms with van der Waals surface area (Å²) in [7, 11) is 0. The molecule has 5 nitrogen and oxygen atoms in total. The highest BCUT2D eigenvalue weighted by atomic mass is 32.1. The van der Waals surface area contributed by atoms with Crippen LogP contribution in [0.25, 0.3) is 0 Å². The molecule has 0 saturated carbocycles. The number of carbonyl (C=O) groups excluding carboxylic acids is 1. The molecule has 0 aliphatic heterocycles. The number of pyridine rings is 2. The molecule has 0 saturated heterocycles. The van der Waals surface area contributed by atoms with Crippen LogP contribution < -0.4 is 10.6 Å². The smallest absolute Gasteiger partial charge is 0.256 e. The van der Waals surface area contributed by atoms with Gasteiger partial charge in [0.05, 0.1) is 11.7 Å². The third-order valence-corrected chi connectivity index (χ3v) is 6.93. The third-order valence-electron chi connectivity index (χ3n) is 5.70. The number of nitrogens with zero attached hydrogens (tertiary/aromatic N) is 2. The van der Waals surface area contributed by atoms with Crippen LogP contribution in [0.3, 0.4) is 0 Å². The van der Waals surface area contributed by atoms with Crippen LogP contribution in [0.1, 0.15) is 50.9 Å². The van der Waals surface area contributed by atoms with E-state index in [1.54, 1.807) is 17.5 Å². The molecule has 1 aliphatic carbocycles. The molecule has 2 N–H and O–H groups in total. The fraction of sp³-hybridized carbons (Fsp3) is 0.192. The fourth-order valence-electron chi connectivity index (χ4n) is 4.19. The number of aryl methyl sites for hydroxylation is 1. The van der Waals surface area contributed by atoms with Gasteiger partial charge in [0.2, 0.25) is 0 Å². The molecular weight excluding hydrogens is 416 g/mol. The topological polar surface area (TPSA) is 66.9 Å². The predicted molar refractivity (Wildman–Crippen MR) is 129 cm³/mol. The molecule has 1 aliphatic rings. The molecule has 5 rings (SSSR count). The van der Waals surface area contributed by atoms with Crippen LogP contribution >= 0.6 is 11.3 Å². The maximum Gasteiger partial charge on any atom is 0.256 e. The minimum Gasteiger partial charge on any atom is -0.357 e. The number of carbonyl (C=O) groups is 1. The van der Waals surface area contributed by atoms with Crippen molar-refractivity contribution in [3.05, 3.63) is 106 Å². The number of hydrogen-bond donors (Lipinski definition) is 2. The van der Waals surface area contributed by atoms with Gasteiger partial charge in [-0.1, -0.05) is 30.3 Å². The van der Waals surface area contributed by atoms with Crippen molar-refractivity contribution >= 4 is 28.1 Å². The van der Waals surface area contributed by atoms with Crippen LogP contribution in [0.4, 0.5) is 10.8 Å². The third kappa shape index (κ3) is 4.27. The van der Waals surface area contributed by atoms with Crippen LogP contribution in [-0.2, 0) is 12.8 Å². The van der Waals surface area contributed by atoms with Gasteiger partial charge in [-0.2, -0.15) is 0 Å². The summed E-state index contributed by atoms with van der Waals surface area (Å²) in [5, 5.41) is 7.69. The maximum atomic E-state index is 13.0. The maximum absolute atomic E-state index is 13.0. The van der Waals surface area contributed by atoms with Crippen LogP contribution in [-0.4, -0.2) is 15.9 Å². The Morgan fingerprint density at radius 1 is 0.875 bits per heavy atom. The van der Waals surface area contributed by atoms with Crippen LogP contribution in [0.2, 0.25) is 0 Å². The van der Waals surface area contributed by atoms with Crippen molar-refractivity contribution in [1.82, 2.24) is 9.97 Å². The molecule has 0 fully saturated rings. The first kappa shape index (κ1) is 20.4.